The van der Waals surface area contributed by atoms with Crippen LogP contribution in [0.3, 0.4) is 0 Å². The van der Waals surface area contributed by atoms with Crippen molar-refractivity contribution < 1.29 is 0 Å². The Bertz CT molecular complexity index is 106. The number of hydrogen-bond acceptors (Lipinski definition) is 1. The van der Waals surface area contributed by atoms with Crippen LogP contribution in [0.4, 0.5) is 0 Å². The van der Waals surface area contributed by atoms with Gasteiger partial charge in [-0.3, -0.25) is 0 Å². The maximum Gasteiger partial charge on any atom is 0.0286 e. The van der Waals surface area contributed by atoms with E-state index in [-0.39, 0.29) is 5.54 Å². The van der Waals surface area contributed by atoms with Crippen molar-refractivity contribution in [3.63, 3.8) is 0 Å². The third-order valence-electron chi connectivity index (χ3n) is 1.01. The van der Waals surface area contributed by atoms with Gasteiger partial charge in [0.15, 0.2) is 0 Å². The molecular weight excluding hydrogens is 110 g/mol. The van der Waals surface area contributed by atoms with Crippen LogP contribution in [0.1, 0.15) is 34.6 Å². The van der Waals surface area contributed by atoms with Gasteiger partial charge >= 0.3 is 0 Å². The first kappa shape index (κ1) is 8.54. The highest BCUT2D eigenvalue weighted by Crippen LogP contribution is 2.01. The molecule has 0 saturated heterocycles. The van der Waals surface area contributed by atoms with E-state index in [9.17, 15) is 0 Å². The van der Waals surface area contributed by atoms with E-state index in [0.29, 0.717) is 0 Å². The maximum atomic E-state index is 3.33. The van der Waals surface area contributed by atoms with E-state index < -0.39 is 0 Å². The van der Waals surface area contributed by atoms with Crippen molar-refractivity contribution in [1.29, 1.82) is 0 Å². The molecule has 0 saturated carbocycles. The molecule has 0 bridgehead atoms. The summed E-state index contributed by atoms with van der Waals surface area (Å²) in [6.07, 6.45) is 2.07. The normalized spacial score (nSPS) is 13.7. The van der Waals surface area contributed by atoms with Crippen LogP contribution in [-0.2, 0) is 0 Å². The Labute approximate surface area is 58.2 Å². The SMILES string of the molecule is C/C=C(\C)NC(C)(C)C. The molecule has 0 aliphatic carbocycles. The number of hydrogen-bond donors (Lipinski definition) is 1. The predicted octanol–water partition coefficient (Wildman–Crippen LogP) is 2.30. The van der Waals surface area contributed by atoms with Crippen molar-refractivity contribution in [3.8, 4) is 0 Å². The van der Waals surface area contributed by atoms with Gasteiger partial charge in [-0.25, -0.2) is 0 Å². The molecule has 9 heavy (non-hydrogen) atoms. The van der Waals surface area contributed by atoms with Crippen molar-refractivity contribution in [2.45, 2.75) is 40.2 Å². The first-order valence-corrected chi connectivity index (χ1v) is 3.37. The molecule has 0 radical (unpaired) electrons. The van der Waals surface area contributed by atoms with Crippen LogP contribution in [0.5, 0.6) is 0 Å². The van der Waals surface area contributed by atoms with E-state index in [1.807, 2.05) is 6.92 Å². The van der Waals surface area contributed by atoms with Crippen LogP contribution in [-0.4, -0.2) is 5.54 Å². The maximum absolute atomic E-state index is 3.33. The fraction of sp³-hybridized carbons (Fsp3) is 0.750. The highest BCUT2D eigenvalue weighted by atomic mass is 14.9. The minimum Gasteiger partial charge on any atom is -0.384 e. The summed E-state index contributed by atoms with van der Waals surface area (Å²) < 4.78 is 0. The molecule has 0 unspecified atom stereocenters. The Kier molecular flexibility index (Phi) is 2.75. The van der Waals surface area contributed by atoms with Crippen molar-refractivity contribution in [3.05, 3.63) is 11.8 Å². The predicted molar refractivity (Wildman–Crippen MR) is 42.3 cm³/mol. The van der Waals surface area contributed by atoms with Gasteiger partial charge < -0.3 is 5.32 Å². The van der Waals surface area contributed by atoms with Crippen molar-refractivity contribution >= 4 is 0 Å². The van der Waals surface area contributed by atoms with Gasteiger partial charge in [-0.15, -0.1) is 0 Å². The molecule has 0 fully saturated rings. The molecule has 0 rings (SSSR count). The molecule has 1 N–H and O–H groups in total. The summed E-state index contributed by atoms with van der Waals surface area (Å²) in [5.74, 6) is 0. The Morgan fingerprint density at radius 1 is 1.33 bits per heavy atom. The van der Waals surface area contributed by atoms with Gasteiger partial charge in [0.05, 0.1) is 0 Å². The Hall–Kier alpha value is -0.460. The van der Waals surface area contributed by atoms with E-state index in [4.69, 9.17) is 0 Å². The zero-order valence-electron chi connectivity index (χ0n) is 7.08. The molecule has 0 atom stereocenters. The van der Waals surface area contributed by atoms with Crippen LogP contribution in [0.15, 0.2) is 11.8 Å². The summed E-state index contributed by atoms with van der Waals surface area (Å²) in [7, 11) is 0. The summed E-state index contributed by atoms with van der Waals surface area (Å²) in [6, 6.07) is 0. The quantitative estimate of drug-likeness (QED) is 0.570. The van der Waals surface area contributed by atoms with Gasteiger partial charge in [0.2, 0.25) is 0 Å². The lowest BCUT2D eigenvalue weighted by molar-refractivity contribution is 0.473. The van der Waals surface area contributed by atoms with Gasteiger partial charge in [-0.05, 0) is 34.6 Å². The average Bonchev–Trinajstić information content (AvgIpc) is 1.62. The van der Waals surface area contributed by atoms with E-state index in [1.54, 1.807) is 0 Å². The summed E-state index contributed by atoms with van der Waals surface area (Å²) >= 11 is 0. The Balaban J connectivity index is 3.75. The molecule has 0 aromatic carbocycles. The van der Waals surface area contributed by atoms with Crippen LogP contribution in [0.25, 0.3) is 0 Å². The van der Waals surface area contributed by atoms with Gasteiger partial charge in [0, 0.05) is 11.2 Å². The lowest BCUT2D eigenvalue weighted by Gasteiger charge is -2.22. The molecule has 0 heterocycles. The molecule has 54 valence electrons. The van der Waals surface area contributed by atoms with Crippen molar-refractivity contribution in [2.24, 2.45) is 0 Å². The fourth-order valence-corrected chi connectivity index (χ4v) is 0.664. The highest BCUT2D eigenvalue weighted by Gasteiger charge is 2.06. The second kappa shape index (κ2) is 2.90. The Morgan fingerprint density at radius 2 is 1.78 bits per heavy atom. The fourth-order valence-electron chi connectivity index (χ4n) is 0.664. The average molecular weight is 127 g/mol. The summed E-state index contributed by atoms with van der Waals surface area (Å²) in [5, 5.41) is 3.33. The van der Waals surface area contributed by atoms with Crippen LogP contribution >= 0.6 is 0 Å². The van der Waals surface area contributed by atoms with Crippen molar-refractivity contribution in [1.82, 2.24) is 5.32 Å². The lowest BCUT2D eigenvalue weighted by atomic mass is 10.1. The van der Waals surface area contributed by atoms with Crippen LogP contribution in [0.2, 0.25) is 0 Å². The standard InChI is InChI=1S/C8H17N/c1-6-7(2)9-8(3,4)5/h6,9H,1-5H3/b7-6+. The minimum atomic E-state index is 0.205. The smallest absolute Gasteiger partial charge is 0.0286 e. The molecule has 1 heteroatoms. The first-order valence-electron chi connectivity index (χ1n) is 3.37. The molecular formula is C8H17N. The van der Waals surface area contributed by atoms with Gasteiger partial charge in [0.25, 0.3) is 0 Å². The second-order valence-corrected chi connectivity index (χ2v) is 3.35. The van der Waals surface area contributed by atoms with Gasteiger partial charge in [-0.1, -0.05) is 6.08 Å². The zero-order chi connectivity index (χ0) is 7.49. The minimum absolute atomic E-state index is 0.205. The monoisotopic (exact) mass is 127 g/mol. The molecule has 0 aliphatic rings. The van der Waals surface area contributed by atoms with E-state index in [2.05, 4.69) is 39.1 Å². The second-order valence-electron chi connectivity index (χ2n) is 3.35. The summed E-state index contributed by atoms with van der Waals surface area (Å²) in [6.45, 7) is 10.6. The number of nitrogens with one attached hydrogen (secondary N) is 1. The molecule has 0 aliphatic heterocycles. The zero-order valence-corrected chi connectivity index (χ0v) is 7.08. The van der Waals surface area contributed by atoms with Gasteiger partial charge in [0.1, 0.15) is 0 Å². The van der Waals surface area contributed by atoms with Crippen molar-refractivity contribution in [2.75, 3.05) is 0 Å². The summed E-state index contributed by atoms with van der Waals surface area (Å²) in [5.41, 5.74) is 1.44. The lowest BCUT2D eigenvalue weighted by Crippen LogP contribution is -2.33. The highest BCUT2D eigenvalue weighted by molar-refractivity contribution is 4.96. The number of rotatable bonds is 1. The molecule has 0 aromatic heterocycles. The Morgan fingerprint density at radius 3 is 1.89 bits per heavy atom. The first-order chi connectivity index (χ1) is 3.95. The number of allylic oxidation sites excluding steroid dienone is 2. The molecule has 0 amide bonds. The molecule has 1 nitrogen and oxygen atoms in total. The summed E-state index contributed by atoms with van der Waals surface area (Å²) in [4.78, 5) is 0. The molecule has 0 spiro atoms. The topological polar surface area (TPSA) is 12.0 Å². The van der Waals surface area contributed by atoms with E-state index >= 15 is 0 Å². The van der Waals surface area contributed by atoms with Crippen LogP contribution < -0.4 is 5.32 Å². The van der Waals surface area contributed by atoms with E-state index in [0.717, 1.165) is 0 Å². The van der Waals surface area contributed by atoms with Crippen LogP contribution in [0, 0.1) is 0 Å². The third kappa shape index (κ3) is 5.41. The largest absolute Gasteiger partial charge is 0.384 e. The van der Waals surface area contributed by atoms with E-state index in [1.165, 1.54) is 5.70 Å². The van der Waals surface area contributed by atoms with Gasteiger partial charge in [-0.2, -0.15) is 0 Å². The third-order valence-corrected chi connectivity index (χ3v) is 1.01. The molecule has 0 aromatic rings.